The highest BCUT2D eigenvalue weighted by atomic mass is 19.4. The van der Waals surface area contributed by atoms with Gasteiger partial charge < -0.3 is 9.15 Å². The molecular weight excluding hydrogens is 545 g/mol. The zero-order valence-corrected chi connectivity index (χ0v) is 19.8. The van der Waals surface area contributed by atoms with E-state index in [0.29, 0.717) is 28.8 Å². The van der Waals surface area contributed by atoms with Crippen molar-refractivity contribution in [2.75, 3.05) is 0 Å². The number of ether oxygens (including phenoxy) is 1. The van der Waals surface area contributed by atoms with Crippen LogP contribution in [-0.2, 0) is 23.3 Å². The van der Waals surface area contributed by atoms with Gasteiger partial charge in [0.05, 0.1) is 41.3 Å². The minimum atomic E-state index is -5.11. The Morgan fingerprint density at radius 3 is 1.92 bits per heavy atom. The lowest BCUT2D eigenvalue weighted by atomic mass is 9.91. The third-order valence-corrected chi connectivity index (χ3v) is 7.04. The van der Waals surface area contributed by atoms with Crippen molar-refractivity contribution in [2.45, 2.75) is 56.5 Å². The first-order valence-electron chi connectivity index (χ1n) is 11.6. The third-order valence-electron chi connectivity index (χ3n) is 7.04. The SMILES string of the molecule is Cc1cocc1-c1ccc(C(F)(F)F)cc1[C@@H]1CC[C@H]2[C@@H](c3cc(C(F)(F)F)cc(C(F)(F)F)c3)OC(=O)N12. The van der Waals surface area contributed by atoms with Crippen LogP contribution < -0.4 is 0 Å². The maximum atomic E-state index is 13.6. The molecule has 2 fully saturated rings. The fourth-order valence-electron chi connectivity index (χ4n) is 5.28. The second-order valence-electron chi connectivity index (χ2n) is 9.48. The lowest BCUT2D eigenvalue weighted by molar-refractivity contribution is -0.143. The van der Waals surface area contributed by atoms with Gasteiger partial charge in [0, 0.05) is 5.56 Å². The molecule has 0 spiro atoms. The van der Waals surface area contributed by atoms with Gasteiger partial charge in [-0.3, -0.25) is 4.90 Å². The van der Waals surface area contributed by atoms with Crippen molar-refractivity contribution >= 4 is 6.09 Å². The Morgan fingerprint density at radius 1 is 0.769 bits per heavy atom. The molecule has 4 nitrogen and oxygen atoms in total. The van der Waals surface area contributed by atoms with Crippen LogP contribution in [0.25, 0.3) is 11.1 Å². The van der Waals surface area contributed by atoms with E-state index in [-0.39, 0.29) is 24.5 Å². The van der Waals surface area contributed by atoms with Crippen LogP contribution in [0.3, 0.4) is 0 Å². The fraction of sp³-hybridized carbons (Fsp3) is 0.346. The molecule has 2 aromatic carbocycles. The van der Waals surface area contributed by atoms with Crippen molar-refractivity contribution in [1.29, 1.82) is 0 Å². The van der Waals surface area contributed by atoms with Crippen LogP contribution in [0.4, 0.5) is 44.3 Å². The van der Waals surface area contributed by atoms with Crippen LogP contribution in [0.2, 0.25) is 0 Å². The van der Waals surface area contributed by atoms with E-state index in [1.165, 1.54) is 18.6 Å². The highest BCUT2D eigenvalue weighted by molar-refractivity contribution is 5.75. The molecule has 0 radical (unpaired) electrons. The number of benzene rings is 2. The summed E-state index contributed by atoms with van der Waals surface area (Å²) in [6.07, 6.45) is -14.6. The van der Waals surface area contributed by atoms with Crippen molar-refractivity contribution in [3.05, 3.63) is 82.3 Å². The number of carbonyl (C=O) groups excluding carboxylic acids is 1. The Labute approximate surface area is 215 Å². The first kappa shape index (κ1) is 26.9. The Bertz CT molecular complexity index is 1390. The van der Waals surface area contributed by atoms with Gasteiger partial charge in [-0.25, -0.2) is 4.79 Å². The number of cyclic esters (lactones) is 1. The summed E-state index contributed by atoms with van der Waals surface area (Å²) >= 11 is 0. The molecule has 208 valence electrons. The summed E-state index contributed by atoms with van der Waals surface area (Å²) in [6.45, 7) is 1.67. The number of fused-ring (bicyclic) bond motifs is 1. The standard InChI is InChI=1S/C26H18F9NO3/c1-12-10-38-11-19(12)17-3-2-14(24(27,28)29)9-18(17)20-4-5-21-22(39-23(37)36(20)21)13-6-15(25(30,31)32)8-16(7-13)26(33,34)35/h2-3,6-11,20-22H,4-5H2,1H3/t20-,21-,22+/m0/s1. The number of hydrogen-bond acceptors (Lipinski definition) is 3. The largest absolute Gasteiger partial charge is 0.472 e. The molecule has 5 rings (SSSR count). The number of nitrogens with zero attached hydrogens (tertiary/aromatic N) is 1. The second kappa shape index (κ2) is 8.95. The number of amides is 1. The number of halogens is 9. The minimum absolute atomic E-state index is 0.0301. The number of aryl methyl sites for hydroxylation is 1. The van der Waals surface area contributed by atoms with Gasteiger partial charge in [0.2, 0.25) is 0 Å². The van der Waals surface area contributed by atoms with Crippen LogP contribution in [0.5, 0.6) is 0 Å². The molecule has 0 bridgehead atoms. The Balaban J connectivity index is 1.58. The van der Waals surface area contributed by atoms with Crippen LogP contribution in [0, 0.1) is 6.92 Å². The van der Waals surface area contributed by atoms with Gasteiger partial charge in [-0.15, -0.1) is 0 Å². The third kappa shape index (κ3) is 4.82. The number of rotatable bonds is 3. The van der Waals surface area contributed by atoms with E-state index in [0.717, 1.165) is 17.0 Å². The van der Waals surface area contributed by atoms with Crippen molar-refractivity contribution in [3.8, 4) is 11.1 Å². The molecule has 0 N–H and O–H groups in total. The monoisotopic (exact) mass is 563 g/mol. The van der Waals surface area contributed by atoms with Gasteiger partial charge in [0.1, 0.15) is 6.10 Å². The molecule has 3 aromatic rings. The van der Waals surface area contributed by atoms with Crippen molar-refractivity contribution in [1.82, 2.24) is 4.90 Å². The predicted molar refractivity (Wildman–Crippen MR) is 117 cm³/mol. The molecule has 0 saturated carbocycles. The topological polar surface area (TPSA) is 42.7 Å². The van der Waals surface area contributed by atoms with Gasteiger partial charge in [-0.05, 0) is 72.4 Å². The smallest absolute Gasteiger partial charge is 0.416 e. The Morgan fingerprint density at radius 2 is 1.38 bits per heavy atom. The minimum Gasteiger partial charge on any atom is -0.472 e. The summed E-state index contributed by atoms with van der Waals surface area (Å²) in [6, 6.07) is 1.99. The summed E-state index contributed by atoms with van der Waals surface area (Å²) in [5, 5.41) is 0. The molecule has 13 heteroatoms. The van der Waals surface area contributed by atoms with E-state index < -0.39 is 65.1 Å². The Hall–Kier alpha value is -3.64. The first-order chi connectivity index (χ1) is 18.1. The number of furan rings is 1. The molecule has 3 heterocycles. The van der Waals surface area contributed by atoms with Gasteiger partial charge in [0.15, 0.2) is 0 Å². The number of carbonyl (C=O) groups is 1. The maximum absolute atomic E-state index is 13.6. The number of alkyl halides is 9. The normalized spacial score (nSPS) is 21.8. The molecule has 1 amide bonds. The zero-order chi connectivity index (χ0) is 28.5. The molecule has 0 unspecified atom stereocenters. The quantitative estimate of drug-likeness (QED) is 0.300. The van der Waals surface area contributed by atoms with E-state index in [1.54, 1.807) is 6.92 Å². The maximum Gasteiger partial charge on any atom is 0.416 e. The molecule has 2 saturated heterocycles. The van der Waals surface area contributed by atoms with Gasteiger partial charge in [-0.2, -0.15) is 39.5 Å². The van der Waals surface area contributed by atoms with Crippen molar-refractivity contribution in [3.63, 3.8) is 0 Å². The van der Waals surface area contributed by atoms with Crippen LogP contribution >= 0.6 is 0 Å². The molecule has 2 aliphatic rings. The number of hydrogen-bond donors (Lipinski definition) is 0. The average molecular weight is 563 g/mol. The van der Waals surface area contributed by atoms with Gasteiger partial charge in [0.25, 0.3) is 0 Å². The summed E-state index contributed by atoms with van der Waals surface area (Å²) in [7, 11) is 0. The van der Waals surface area contributed by atoms with E-state index in [1.807, 2.05) is 0 Å². The van der Waals surface area contributed by atoms with Gasteiger partial charge >= 0.3 is 24.6 Å². The van der Waals surface area contributed by atoms with E-state index in [4.69, 9.17) is 9.15 Å². The van der Waals surface area contributed by atoms with Crippen molar-refractivity contribution < 1.29 is 53.5 Å². The predicted octanol–water partition coefficient (Wildman–Crippen LogP) is 8.71. The summed E-state index contributed by atoms with van der Waals surface area (Å²) < 4.78 is 132. The molecule has 0 aliphatic carbocycles. The summed E-state index contributed by atoms with van der Waals surface area (Å²) in [5.41, 5.74) is -3.09. The second-order valence-corrected chi connectivity index (χ2v) is 9.48. The van der Waals surface area contributed by atoms with E-state index in [2.05, 4.69) is 0 Å². The van der Waals surface area contributed by atoms with E-state index in [9.17, 15) is 44.3 Å². The highest BCUT2D eigenvalue weighted by Crippen LogP contribution is 2.51. The van der Waals surface area contributed by atoms with E-state index >= 15 is 0 Å². The van der Waals surface area contributed by atoms with Crippen LogP contribution in [0.1, 0.15) is 58.4 Å². The first-order valence-corrected chi connectivity index (χ1v) is 11.6. The van der Waals surface area contributed by atoms with Crippen molar-refractivity contribution in [2.24, 2.45) is 0 Å². The Kier molecular flexibility index (Phi) is 6.18. The zero-order valence-electron chi connectivity index (χ0n) is 19.8. The summed E-state index contributed by atoms with van der Waals surface area (Å²) in [5.74, 6) is 0. The van der Waals surface area contributed by atoms with Gasteiger partial charge in [-0.1, -0.05) is 6.07 Å². The highest BCUT2D eigenvalue weighted by Gasteiger charge is 2.52. The lowest BCUT2D eigenvalue weighted by Gasteiger charge is -2.25. The molecule has 3 atom stereocenters. The fourth-order valence-corrected chi connectivity index (χ4v) is 5.28. The molecular formula is C26H18F9NO3. The summed E-state index contributed by atoms with van der Waals surface area (Å²) in [4.78, 5) is 14.1. The molecule has 39 heavy (non-hydrogen) atoms. The molecule has 1 aromatic heterocycles. The van der Waals surface area contributed by atoms with Crippen LogP contribution in [0.15, 0.2) is 53.3 Å². The molecule has 2 aliphatic heterocycles. The van der Waals surface area contributed by atoms with Crippen LogP contribution in [-0.4, -0.2) is 17.0 Å². The average Bonchev–Trinajstić information content (AvgIpc) is 3.53. The lowest BCUT2D eigenvalue weighted by Crippen LogP contribution is -2.31.